The molecule has 31 heavy (non-hydrogen) atoms. The number of benzene rings is 2. The zero-order valence-corrected chi connectivity index (χ0v) is 16.2. The van der Waals surface area contributed by atoms with E-state index >= 15 is 0 Å². The first-order valence-corrected chi connectivity index (χ1v) is 8.76. The van der Waals surface area contributed by atoms with Gasteiger partial charge in [0.2, 0.25) is 0 Å². The lowest BCUT2D eigenvalue weighted by Gasteiger charge is -2.10. The Kier molecular flexibility index (Phi) is 8.01. The summed E-state index contributed by atoms with van der Waals surface area (Å²) in [5, 5.41) is 19.5. The number of nitrogens with zero attached hydrogens (tertiary/aromatic N) is 1. The summed E-state index contributed by atoms with van der Waals surface area (Å²) in [6, 6.07) is 14.9. The van der Waals surface area contributed by atoms with Crippen molar-refractivity contribution in [2.24, 2.45) is 0 Å². The van der Waals surface area contributed by atoms with Crippen LogP contribution < -0.4 is 15.4 Å². The molecule has 0 saturated heterocycles. The molecule has 0 bridgehead atoms. The molecule has 2 aromatic carbocycles. The molecule has 0 aliphatic rings. The second kappa shape index (κ2) is 10.7. The maximum absolute atomic E-state index is 12.0. The Morgan fingerprint density at radius 2 is 1.74 bits per heavy atom. The summed E-state index contributed by atoms with van der Waals surface area (Å²) < 4.78 is 37.0. The molecule has 0 saturated carbocycles. The van der Waals surface area contributed by atoms with E-state index < -0.39 is 12.1 Å². The van der Waals surface area contributed by atoms with Crippen LogP contribution in [0, 0.1) is 0 Å². The Hall–Kier alpha value is -4.02. The maximum Gasteiger partial charge on any atom is 0.490 e. The number of urea groups is 1. The van der Waals surface area contributed by atoms with Gasteiger partial charge in [-0.25, -0.2) is 9.59 Å². The van der Waals surface area contributed by atoms with Gasteiger partial charge in [0, 0.05) is 29.6 Å². The summed E-state index contributed by atoms with van der Waals surface area (Å²) in [4.78, 5) is 20.9. The molecule has 164 valence electrons. The lowest BCUT2D eigenvalue weighted by Crippen LogP contribution is -2.28. The van der Waals surface area contributed by atoms with Crippen LogP contribution in [0.4, 0.5) is 23.7 Å². The minimum atomic E-state index is -5.08. The first kappa shape index (κ1) is 23.3. The lowest BCUT2D eigenvalue weighted by atomic mass is 10.1. The van der Waals surface area contributed by atoms with Crippen LogP contribution in [0.3, 0.4) is 0 Å². The molecule has 0 radical (unpaired) electrons. The molecule has 0 unspecified atom stereocenters. The first-order chi connectivity index (χ1) is 14.7. The van der Waals surface area contributed by atoms with Crippen molar-refractivity contribution in [2.75, 3.05) is 12.4 Å². The number of hydrogen-bond acceptors (Lipinski definition) is 4. The van der Waals surface area contributed by atoms with Gasteiger partial charge < -0.3 is 20.5 Å². The van der Waals surface area contributed by atoms with Crippen molar-refractivity contribution in [2.45, 2.75) is 12.7 Å². The van der Waals surface area contributed by atoms with Crippen molar-refractivity contribution in [3.05, 3.63) is 66.5 Å². The number of alkyl halides is 3. The number of carboxylic acids is 1. The summed E-state index contributed by atoms with van der Waals surface area (Å²) in [7, 11) is 1.61. The molecular formula is C20H19F3N4O4. The van der Waals surface area contributed by atoms with E-state index in [1.807, 2.05) is 54.7 Å². The Morgan fingerprint density at radius 3 is 2.29 bits per heavy atom. The van der Waals surface area contributed by atoms with E-state index in [0.29, 0.717) is 6.54 Å². The third kappa shape index (κ3) is 7.38. The molecule has 1 aromatic heterocycles. The van der Waals surface area contributed by atoms with Crippen LogP contribution in [-0.4, -0.2) is 40.6 Å². The van der Waals surface area contributed by atoms with E-state index in [1.54, 1.807) is 13.3 Å². The van der Waals surface area contributed by atoms with Crippen LogP contribution in [0.25, 0.3) is 11.1 Å². The van der Waals surface area contributed by atoms with Crippen molar-refractivity contribution in [3.8, 4) is 16.9 Å². The van der Waals surface area contributed by atoms with Gasteiger partial charge in [-0.3, -0.25) is 5.10 Å². The summed E-state index contributed by atoms with van der Waals surface area (Å²) in [5.41, 5.74) is 3.68. The number of carboxylic acid groups (broad SMARTS) is 1. The standard InChI is InChI=1S/C18H18N4O2.C2HF3O2/c1-24-17-5-3-2-4-14(17)10-19-18(23)22-16-8-6-13(7-9-16)15-11-20-21-12-15;3-2(4,5)1(6)7/h2-9,11-12H,10H2,1H3,(H,20,21)(H2,19,22,23);(H,6,7). The van der Waals surface area contributed by atoms with Gasteiger partial charge in [0.1, 0.15) is 5.75 Å². The minimum absolute atomic E-state index is 0.267. The molecule has 0 spiro atoms. The monoisotopic (exact) mass is 436 g/mol. The summed E-state index contributed by atoms with van der Waals surface area (Å²) >= 11 is 0. The Bertz CT molecular complexity index is 990. The molecule has 11 heteroatoms. The molecule has 1 heterocycles. The fourth-order valence-electron chi connectivity index (χ4n) is 2.35. The Balaban J connectivity index is 0.000000423. The largest absolute Gasteiger partial charge is 0.496 e. The molecule has 0 aliphatic carbocycles. The number of aromatic nitrogens is 2. The average molecular weight is 436 g/mol. The zero-order valence-electron chi connectivity index (χ0n) is 16.2. The quantitative estimate of drug-likeness (QED) is 0.482. The van der Waals surface area contributed by atoms with Gasteiger partial charge in [-0.2, -0.15) is 18.3 Å². The fraction of sp³-hybridized carbons (Fsp3) is 0.150. The number of anilines is 1. The summed E-state index contributed by atoms with van der Waals surface area (Å²) in [5.74, 6) is -2.00. The summed E-state index contributed by atoms with van der Waals surface area (Å²) in [6.07, 6.45) is -1.51. The number of ether oxygens (including phenoxy) is 1. The van der Waals surface area contributed by atoms with Crippen molar-refractivity contribution >= 4 is 17.7 Å². The Labute approximate surface area is 175 Å². The Morgan fingerprint density at radius 1 is 1.10 bits per heavy atom. The number of carbonyl (C=O) groups is 2. The number of aliphatic carboxylic acids is 1. The SMILES string of the molecule is COc1ccccc1CNC(=O)Nc1ccc(-c2cn[nH]c2)cc1.O=C(O)C(F)(F)F. The minimum Gasteiger partial charge on any atom is -0.496 e. The van der Waals surface area contributed by atoms with Crippen LogP contribution in [-0.2, 0) is 11.3 Å². The average Bonchev–Trinajstić information content (AvgIpc) is 3.27. The van der Waals surface area contributed by atoms with Crippen LogP contribution in [0.2, 0.25) is 0 Å². The van der Waals surface area contributed by atoms with E-state index in [9.17, 15) is 18.0 Å². The molecule has 0 atom stereocenters. The topological polar surface area (TPSA) is 116 Å². The number of nitrogens with one attached hydrogen (secondary N) is 3. The van der Waals surface area contributed by atoms with Gasteiger partial charge in [0.05, 0.1) is 13.3 Å². The summed E-state index contributed by atoms with van der Waals surface area (Å²) in [6.45, 7) is 0.392. The highest BCUT2D eigenvalue weighted by molar-refractivity contribution is 5.89. The van der Waals surface area contributed by atoms with Gasteiger partial charge in [-0.15, -0.1) is 0 Å². The van der Waals surface area contributed by atoms with E-state index in [4.69, 9.17) is 14.6 Å². The van der Waals surface area contributed by atoms with Gasteiger partial charge in [-0.05, 0) is 23.8 Å². The highest BCUT2D eigenvalue weighted by atomic mass is 19.4. The third-order valence-corrected chi connectivity index (χ3v) is 3.85. The van der Waals surface area contributed by atoms with Crippen LogP contribution in [0.1, 0.15) is 5.56 Å². The highest BCUT2D eigenvalue weighted by Gasteiger charge is 2.38. The van der Waals surface area contributed by atoms with Gasteiger partial charge in [-0.1, -0.05) is 30.3 Å². The second-order valence-electron chi connectivity index (χ2n) is 5.99. The number of H-pyrrole nitrogens is 1. The number of methoxy groups -OCH3 is 1. The number of carbonyl (C=O) groups excluding carboxylic acids is 1. The van der Waals surface area contributed by atoms with Crippen LogP contribution in [0.5, 0.6) is 5.75 Å². The molecule has 3 aromatic rings. The number of para-hydroxylation sites is 1. The maximum atomic E-state index is 12.0. The fourth-order valence-corrected chi connectivity index (χ4v) is 2.35. The highest BCUT2D eigenvalue weighted by Crippen LogP contribution is 2.20. The van der Waals surface area contributed by atoms with Gasteiger partial charge >= 0.3 is 18.2 Å². The number of hydrogen-bond donors (Lipinski definition) is 4. The molecule has 0 aliphatic heterocycles. The number of amides is 2. The third-order valence-electron chi connectivity index (χ3n) is 3.85. The van der Waals surface area contributed by atoms with Crippen molar-refractivity contribution < 1.29 is 32.6 Å². The molecule has 4 N–H and O–H groups in total. The first-order valence-electron chi connectivity index (χ1n) is 8.76. The molecule has 2 amide bonds. The van der Waals surface area contributed by atoms with Crippen molar-refractivity contribution in [3.63, 3.8) is 0 Å². The van der Waals surface area contributed by atoms with Gasteiger partial charge in [0.15, 0.2) is 0 Å². The van der Waals surface area contributed by atoms with Crippen molar-refractivity contribution in [1.29, 1.82) is 0 Å². The molecule has 8 nitrogen and oxygen atoms in total. The smallest absolute Gasteiger partial charge is 0.490 e. The van der Waals surface area contributed by atoms with Crippen LogP contribution in [0.15, 0.2) is 60.9 Å². The number of rotatable bonds is 5. The van der Waals surface area contributed by atoms with E-state index in [-0.39, 0.29) is 6.03 Å². The molecule has 3 rings (SSSR count). The van der Waals surface area contributed by atoms with E-state index in [1.165, 1.54) is 0 Å². The lowest BCUT2D eigenvalue weighted by molar-refractivity contribution is -0.192. The normalized spacial score (nSPS) is 10.5. The van der Waals surface area contributed by atoms with Crippen LogP contribution >= 0.6 is 0 Å². The molecule has 0 fully saturated rings. The van der Waals surface area contributed by atoms with Crippen molar-refractivity contribution in [1.82, 2.24) is 15.5 Å². The molecular weight excluding hydrogens is 417 g/mol. The number of halogens is 3. The number of aromatic amines is 1. The van der Waals surface area contributed by atoms with E-state index in [2.05, 4.69) is 20.8 Å². The predicted molar refractivity (Wildman–Crippen MR) is 107 cm³/mol. The van der Waals surface area contributed by atoms with E-state index in [0.717, 1.165) is 28.1 Å². The van der Waals surface area contributed by atoms with Gasteiger partial charge in [0.25, 0.3) is 0 Å². The second-order valence-corrected chi connectivity index (χ2v) is 5.99. The predicted octanol–water partition coefficient (Wildman–Crippen LogP) is 4.04. The zero-order chi connectivity index (χ0) is 22.9.